The van der Waals surface area contributed by atoms with E-state index in [1.54, 1.807) is 38.5 Å². The summed E-state index contributed by atoms with van der Waals surface area (Å²) in [4.78, 5) is 23.0. The number of amides is 2. The van der Waals surface area contributed by atoms with Crippen molar-refractivity contribution in [3.8, 4) is 5.75 Å². The van der Waals surface area contributed by atoms with Gasteiger partial charge in [-0.2, -0.15) is 0 Å². The fourth-order valence-corrected chi connectivity index (χ4v) is 1.41. The van der Waals surface area contributed by atoms with Gasteiger partial charge in [-0.25, -0.2) is 0 Å². The Morgan fingerprint density at radius 3 is 2.68 bits per heavy atom. The number of hydrogen-bond acceptors (Lipinski definition) is 4. The van der Waals surface area contributed by atoms with Crippen LogP contribution in [0.1, 0.15) is 6.42 Å². The Labute approximate surface area is 112 Å². The van der Waals surface area contributed by atoms with Gasteiger partial charge in [-0.3, -0.25) is 9.59 Å². The van der Waals surface area contributed by atoms with Crippen molar-refractivity contribution in [2.24, 2.45) is 0 Å². The first-order chi connectivity index (χ1) is 9.15. The van der Waals surface area contributed by atoms with Crippen molar-refractivity contribution in [3.05, 3.63) is 24.3 Å². The molecule has 0 unspecified atom stereocenters. The molecule has 104 valence electrons. The average molecular weight is 266 g/mol. The van der Waals surface area contributed by atoms with Gasteiger partial charge >= 0.3 is 0 Å². The maximum Gasteiger partial charge on any atom is 0.233 e. The summed E-state index contributed by atoms with van der Waals surface area (Å²) in [5.74, 6) is -0.0667. The van der Waals surface area contributed by atoms with Gasteiger partial charge in [-0.1, -0.05) is 6.07 Å². The van der Waals surface area contributed by atoms with Crippen LogP contribution in [0.2, 0.25) is 0 Å². The molecule has 6 nitrogen and oxygen atoms in total. The number of benzene rings is 1. The minimum atomic E-state index is -0.372. The van der Waals surface area contributed by atoms with E-state index in [0.717, 1.165) is 0 Å². The molecule has 19 heavy (non-hydrogen) atoms. The number of nitrogens with one attached hydrogen (secondary N) is 2. The number of carbonyl (C=O) groups excluding carboxylic acids is 2. The van der Waals surface area contributed by atoms with E-state index in [-0.39, 0.29) is 18.2 Å². The third kappa shape index (κ3) is 5.87. The summed E-state index contributed by atoms with van der Waals surface area (Å²) in [5, 5.41) is 5.20. The van der Waals surface area contributed by atoms with E-state index in [0.29, 0.717) is 24.6 Å². The zero-order valence-corrected chi connectivity index (χ0v) is 11.1. The van der Waals surface area contributed by atoms with E-state index in [4.69, 9.17) is 9.47 Å². The highest BCUT2D eigenvalue weighted by Crippen LogP contribution is 2.16. The number of rotatable bonds is 7. The van der Waals surface area contributed by atoms with Gasteiger partial charge < -0.3 is 20.1 Å². The van der Waals surface area contributed by atoms with Gasteiger partial charge in [0.1, 0.15) is 12.2 Å². The normalized spacial score (nSPS) is 9.79. The summed E-state index contributed by atoms with van der Waals surface area (Å²) in [6, 6.07) is 6.93. The number of ether oxygens (including phenoxy) is 2. The van der Waals surface area contributed by atoms with Crippen LogP contribution in [0.25, 0.3) is 0 Å². The molecule has 0 saturated carbocycles. The minimum Gasteiger partial charge on any atom is -0.497 e. The summed E-state index contributed by atoms with van der Waals surface area (Å²) in [6.45, 7) is 0.811. The molecule has 2 N–H and O–H groups in total. The zero-order valence-electron chi connectivity index (χ0n) is 11.1. The van der Waals surface area contributed by atoms with Crippen molar-refractivity contribution in [1.82, 2.24) is 5.32 Å². The highest BCUT2D eigenvalue weighted by atomic mass is 16.5. The van der Waals surface area contributed by atoms with Gasteiger partial charge in [0.15, 0.2) is 0 Å². The molecule has 0 aromatic heterocycles. The predicted molar refractivity (Wildman–Crippen MR) is 71.1 cm³/mol. The molecule has 0 aliphatic heterocycles. The summed E-state index contributed by atoms with van der Waals surface area (Å²) in [7, 11) is 3.09. The van der Waals surface area contributed by atoms with Crippen molar-refractivity contribution in [2.45, 2.75) is 6.42 Å². The number of hydrogen-bond donors (Lipinski definition) is 2. The van der Waals surface area contributed by atoms with E-state index in [1.807, 2.05) is 0 Å². The quantitative estimate of drug-likeness (QED) is 0.565. The smallest absolute Gasteiger partial charge is 0.233 e. The van der Waals surface area contributed by atoms with Crippen molar-refractivity contribution >= 4 is 17.5 Å². The van der Waals surface area contributed by atoms with E-state index in [2.05, 4.69) is 10.6 Å². The lowest BCUT2D eigenvalue weighted by Gasteiger charge is -2.07. The molecular formula is C13H18N2O4. The Kier molecular flexibility index (Phi) is 6.38. The second kappa shape index (κ2) is 8.10. The molecule has 0 spiro atoms. The van der Waals surface area contributed by atoms with Crippen LogP contribution in [0.4, 0.5) is 5.69 Å². The van der Waals surface area contributed by atoms with Gasteiger partial charge in [-0.05, 0) is 12.1 Å². The van der Waals surface area contributed by atoms with Crippen LogP contribution in [0, 0.1) is 0 Å². The summed E-state index contributed by atoms with van der Waals surface area (Å²) in [5.41, 5.74) is 0.592. The fourth-order valence-electron chi connectivity index (χ4n) is 1.41. The monoisotopic (exact) mass is 266 g/mol. The average Bonchev–Trinajstić information content (AvgIpc) is 2.39. The molecular weight excluding hydrogens is 248 g/mol. The first-order valence-electron chi connectivity index (χ1n) is 5.85. The number of carbonyl (C=O) groups is 2. The maximum absolute atomic E-state index is 11.6. The van der Waals surface area contributed by atoms with Crippen LogP contribution in [0.3, 0.4) is 0 Å². The topological polar surface area (TPSA) is 76.7 Å². The van der Waals surface area contributed by atoms with E-state index >= 15 is 0 Å². The molecule has 0 atom stereocenters. The summed E-state index contributed by atoms with van der Waals surface area (Å²) < 4.78 is 9.83. The number of methoxy groups -OCH3 is 2. The molecule has 0 aliphatic rings. The van der Waals surface area contributed by atoms with Crippen LogP contribution < -0.4 is 15.4 Å². The largest absolute Gasteiger partial charge is 0.497 e. The van der Waals surface area contributed by atoms with Crippen molar-refractivity contribution in [2.75, 3.05) is 32.7 Å². The molecule has 0 radical (unpaired) electrons. The van der Waals surface area contributed by atoms with Gasteiger partial charge in [-0.15, -0.1) is 0 Å². The van der Waals surface area contributed by atoms with E-state index in [1.165, 1.54) is 0 Å². The van der Waals surface area contributed by atoms with Crippen molar-refractivity contribution in [3.63, 3.8) is 0 Å². The Hall–Kier alpha value is -2.08. The Bertz CT molecular complexity index is 434. The van der Waals surface area contributed by atoms with E-state index in [9.17, 15) is 9.59 Å². The van der Waals surface area contributed by atoms with Crippen LogP contribution in [0.15, 0.2) is 24.3 Å². The Balaban J connectivity index is 2.39. The molecule has 0 fully saturated rings. The molecule has 1 aromatic carbocycles. The molecule has 0 aliphatic carbocycles. The van der Waals surface area contributed by atoms with Gasteiger partial charge in [0.05, 0.1) is 13.7 Å². The third-order valence-corrected chi connectivity index (χ3v) is 2.30. The molecule has 1 rings (SSSR count). The first-order valence-corrected chi connectivity index (χ1v) is 5.85. The molecule has 0 saturated heterocycles. The predicted octanol–water partition coefficient (Wildman–Crippen LogP) is 0.786. The van der Waals surface area contributed by atoms with Crippen LogP contribution in [-0.4, -0.2) is 39.2 Å². The van der Waals surface area contributed by atoms with Crippen molar-refractivity contribution in [1.29, 1.82) is 0 Å². The molecule has 6 heteroatoms. The highest BCUT2D eigenvalue weighted by molar-refractivity contribution is 6.03. The minimum absolute atomic E-state index is 0.221. The zero-order chi connectivity index (χ0) is 14.1. The van der Waals surface area contributed by atoms with Gasteiger partial charge in [0, 0.05) is 25.4 Å². The highest BCUT2D eigenvalue weighted by Gasteiger charge is 2.09. The van der Waals surface area contributed by atoms with Gasteiger partial charge in [0.2, 0.25) is 11.8 Å². The Morgan fingerprint density at radius 2 is 2.00 bits per heavy atom. The lowest BCUT2D eigenvalue weighted by atomic mass is 10.3. The third-order valence-electron chi connectivity index (χ3n) is 2.30. The maximum atomic E-state index is 11.6. The fraction of sp³-hybridized carbons (Fsp3) is 0.385. The Morgan fingerprint density at radius 1 is 1.21 bits per heavy atom. The lowest BCUT2D eigenvalue weighted by molar-refractivity contribution is -0.126. The molecule has 0 bridgehead atoms. The van der Waals surface area contributed by atoms with E-state index < -0.39 is 0 Å². The molecule has 1 aromatic rings. The summed E-state index contributed by atoms with van der Waals surface area (Å²) >= 11 is 0. The molecule has 0 heterocycles. The van der Waals surface area contributed by atoms with Crippen LogP contribution in [0.5, 0.6) is 5.75 Å². The lowest BCUT2D eigenvalue weighted by Crippen LogP contribution is -2.30. The van der Waals surface area contributed by atoms with Crippen molar-refractivity contribution < 1.29 is 19.1 Å². The standard InChI is InChI=1S/C13H18N2O4/c1-18-7-6-14-12(16)9-13(17)15-10-4-3-5-11(8-10)19-2/h3-5,8H,6-7,9H2,1-2H3,(H,14,16)(H,15,17). The SMILES string of the molecule is COCCNC(=O)CC(=O)Nc1cccc(OC)c1. The first kappa shape index (κ1) is 15.0. The summed E-state index contributed by atoms with van der Waals surface area (Å²) in [6.07, 6.45) is -0.221. The second-order valence-corrected chi connectivity index (χ2v) is 3.80. The molecule has 2 amide bonds. The van der Waals surface area contributed by atoms with Gasteiger partial charge in [0.25, 0.3) is 0 Å². The van der Waals surface area contributed by atoms with Crippen LogP contribution >= 0.6 is 0 Å². The number of anilines is 1. The second-order valence-electron chi connectivity index (χ2n) is 3.80. The van der Waals surface area contributed by atoms with Crippen LogP contribution in [-0.2, 0) is 14.3 Å².